The van der Waals surface area contributed by atoms with Crippen molar-refractivity contribution in [3.8, 4) is 0 Å². The fourth-order valence-electron chi connectivity index (χ4n) is 3.51. The lowest BCUT2D eigenvalue weighted by atomic mass is 9.95. The highest BCUT2D eigenvalue weighted by Crippen LogP contribution is 2.29. The largest absolute Gasteiger partial charge is 0.358 e. The molecule has 0 unspecified atom stereocenters. The topological polar surface area (TPSA) is 44.9 Å². The van der Waals surface area contributed by atoms with Crippen molar-refractivity contribution in [2.45, 2.75) is 32.2 Å². The highest BCUT2D eigenvalue weighted by Gasteiger charge is 2.16. The van der Waals surface area contributed by atoms with E-state index in [0.717, 1.165) is 18.4 Å². The number of hydrogen-bond acceptors (Lipinski definition) is 1. The lowest BCUT2D eigenvalue weighted by Gasteiger charge is -2.11. The van der Waals surface area contributed by atoms with Crippen molar-refractivity contribution in [2.24, 2.45) is 0 Å². The average molecular weight is 373 g/mol. The molecule has 5 heteroatoms. The maximum Gasteiger partial charge on any atom is 0.253 e. The highest BCUT2D eigenvalue weighted by molar-refractivity contribution is 6.36. The van der Waals surface area contributed by atoms with Crippen molar-refractivity contribution in [3.63, 3.8) is 0 Å². The maximum atomic E-state index is 12.4. The van der Waals surface area contributed by atoms with Crippen LogP contribution in [0.25, 0.3) is 10.9 Å². The molecule has 1 amide bonds. The van der Waals surface area contributed by atoms with Crippen molar-refractivity contribution in [2.75, 3.05) is 0 Å². The van der Waals surface area contributed by atoms with E-state index in [-0.39, 0.29) is 5.91 Å². The van der Waals surface area contributed by atoms with Crippen molar-refractivity contribution >= 4 is 40.0 Å². The zero-order valence-corrected chi connectivity index (χ0v) is 15.2. The first-order valence-corrected chi connectivity index (χ1v) is 9.23. The van der Waals surface area contributed by atoms with Crippen molar-refractivity contribution in [1.29, 1.82) is 0 Å². The van der Waals surface area contributed by atoms with E-state index in [2.05, 4.69) is 22.4 Å². The summed E-state index contributed by atoms with van der Waals surface area (Å²) in [6.45, 7) is 0.466. The lowest BCUT2D eigenvalue weighted by molar-refractivity contribution is 0.0951. The van der Waals surface area contributed by atoms with Gasteiger partial charge in [0.2, 0.25) is 0 Å². The molecule has 0 fully saturated rings. The van der Waals surface area contributed by atoms with E-state index in [1.54, 1.807) is 18.2 Å². The van der Waals surface area contributed by atoms with Gasteiger partial charge in [-0.3, -0.25) is 4.79 Å². The third-order valence-electron chi connectivity index (χ3n) is 4.79. The molecule has 0 atom stereocenters. The van der Waals surface area contributed by atoms with Gasteiger partial charge in [0.1, 0.15) is 0 Å². The van der Waals surface area contributed by atoms with Crippen LogP contribution in [0.15, 0.2) is 36.4 Å². The monoisotopic (exact) mass is 372 g/mol. The van der Waals surface area contributed by atoms with E-state index in [4.69, 9.17) is 23.2 Å². The lowest BCUT2D eigenvalue weighted by Crippen LogP contribution is -2.23. The summed E-state index contributed by atoms with van der Waals surface area (Å²) in [4.78, 5) is 15.9. The van der Waals surface area contributed by atoms with Gasteiger partial charge in [0.05, 0.1) is 10.6 Å². The number of aryl methyl sites for hydroxylation is 2. The van der Waals surface area contributed by atoms with Crippen LogP contribution in [0.1, 0.15) is 40.0 Å². The predicted molar refractivity (Wildman–Crippen MR) is 103 cm³/mol. The van der Waals surface area contributed by atoms with Crippen LogP contribution < -0.4 is 5.32 Å². The number of fused-ring (bicyclic) bond motifs is 3. The van der Waals surface area contributed by atoms with Gasteiger partial charge in [-0.25, -0.2) is 0 Å². The summed E-state index contributed by atoms with van der Waals surface area (Å²) >= 11 is 12.0. The van der Waals surface area contributed by atoms with Crippen LogP contribution in [-0.4, -0.2) is 10.9 Å². The molecule has 0 saturated carbocycles. The molecule has 3 aromatic rings. The van der Waals surface area contributed by atoms with Crippen LogP contribution in [0.2, 0.25) is 10.0 Å². The van der Waals surface area contributed by atoms with Crippen molar-refractivity contribution < 1.29 is 4.79 Å². The van der Waals surface area contributed by atoms with Gasteiger partial charge >= 0.3 is 0 Å². The first-order valence-electron chi connectivity index (χ1n) is 8.47. The van der Waals surface area contributed by atoms with Gasteiger partial charge in [0.25, 0.3) is 5.91 Å². The molecule has 2 aromatic carbocycles. The van der Waals surface area contributed by atoms with Crippen LogP contribution in [0, 0.1) is 0 Å². The zero-order valence-electron chi connectivity index (χ0n) is 13.7. The molecule has 3 nitrogen and oxygen atoms in total. The van der Waals surface area contributed by atoms with Gasteiger partial charge in [0, 0.05) is 28.2 Å². The van der Waals surface area contributed by atoms with E-state index in [9.17, 15) is 4.79 Å². The Balaban J connectivity index is 1.53. The molecule has 0 saturated heterocycles. The molecule has 25 heavy (non-hydrogen) atoms. The Hall–Kier alpha value is -1.97. The van der Waals surface area contributed by atoms with Gasteiger partial charge in [0.15, 0.2) is 0 Å². The smallest absolute Gasteiger partial charge is 0.253 e. The minimum Gasteiger partial charge on any atom is -0.358 e. The highest BCUT2D eigenvalue weighted by atomic mass is 35.5. The molecule has 0 bridgehead atoms. The fourth-order valence-corrected chi connectivity index (χ4v) is 4.01. The quantitative estimate of drug-likeness (QED) is 0.644. The number of carbonyl (C=O) groups excluding carboxylic acids is 1. The summed E-state index contributed by atoms with van der Waals surface area (Å²) in [5.41, 5.74) is 5.51. The number of halogens is 2. The van der Waals surface area contributed by atoms with Gasteiger partial charge in [-0.2, -0.15) is 0 Å². The summed E-state index contributed by atoms with van der Waals surface area (Å²) in [5.74, 6) is -0.196. The van der Waals surface area contributed by atoms with Gasteiger partial charge in [-0.15, -0.1) is 0 Å². The number of aromatic amines is 1. The van der Waals surface area contributed by atoms with Crippen LogP contribution in [-0.2, 0) is 19.4 Å². The molecule has 4 rings (SSSR count). The average Bonchev–Trinajstić information content (AvgIpc) is 2.97. The summed E-state index contributed by atoms with van der Waals surface area (Å²) in [6.07, 6.45) is 4.76. The number of hydrogen-bond donors (Lipinski definition) is 2. The summed E-state index contributed by atoms with van der Waals surface area (Å²) in [6, 6.07) is 11.2. The Morgan fingerprint density at radius 1 is 1.08 bits per heavy atom. The number of H-pyrrole nitrogens is 1. The van der Waals surface area contributed by atoms with Gasteiger partial charge in [-0.1, -0.05) is 29.3 Å². The predicted octanol–water partition coefficient (Wildman–Crippen LogP) is 5.28. The summed E-state index contributed by atoms with van der Waals surface area (Å²) in [5, 5.41) is 5.10. The zero-order chi connectivity index (χ0) is 17.4. The Kier molecular flexibility index (Phi) is 4.45. The van der Waals surface area contributed by atoms with Gasteiger partial charge in [-0.05, 0) is 67.1 Å². The molecule has 1 heterocycles. The first kappa shape index (κ1) is 16.5. The third-order valence-corrected chi connectivity index (χ3v) is 5.34. The Labute approximate surface area is 156 Å². The molecule has 0 radical (unpaired) electrons. The fraction of sp³-hybridized carbons (Fsp3) is 0.250. The second kappa shape index (κ2) is 6.74. The molecule has 0 spiro atoms. The number of aromatic nitrogens is 1. The number of nitrogens with one attached hydrogen (secondary N) is 2. The number of benzene rings is 2. The number of amides is 1. The molecule has 128 valence electrons. The normalized spacial score (nSPS) is 13.7. The second-order valence-corrected chi connectivity index (χ2v) is 7.32. The molecule has 1 aliphatic rings. The molecular formula is C20H18Cl2N2O. The first-order chi connectivity index (χ1) is 12.1. The molecule has 1 aliphatic carbocycles. The van der Waals surface area contributed by atoms with Crippen molar-refractivity contribution in [1.82, 2.24) is 10.3 Å². The molecule has 1 aromatic heterocycles. The molecule has 2 N–H and O–H groups in total. The van der Waals surface area contributed by atoms with Gasteiger partial charge < -0.3 is 10.3 Å². The van der Waals surface area contributed by atoms with E-state index in [0.29, 0.717) is 22.2 Å². The van der Waals surface area contributed by atoms with E-state index >= 15 is 0 Å². The van der Waals surface area contributed by atoms with Crippen LogP contribution >= 0.6 is 23.2 Å². The minimum absolute atomic E-state index is 0.196. The third kappa shape index (κ3) is 3.26. The number of rotatable bonds is 3. The summed E-state index contributed by atoms with van der Waals surface area (Å²) in [7, 11) is 0. The standard InChI is InChI=1S/C20H18Cl2N2O/c21-13-6-7-15(17(22)10-13)20(25)23-11-12-5-8-19-16(9-12)14-3-1-2-4-18(14)24-19/h5-10,24H,1-4,11H2,(H,23,25). The molecule has 0 aliphatic heterocycles. The van der Waals surface area contributed by atoms with Crippen molar-refractivity contribution in [3.05, 3.63) is 68.8 Å². The number of carbonyl (C=O) groups is 1. The van der Waals surface area contributed by atoms with Crippen LogP contribution in [0.5, 0.6) is 0 Å². The molecular weight excluding hydrogens is 355 g/mol. The van der Waals surface area contributed by atoms with E-state index < -0.39 is 0 Å². The SMILES string of the molecule is O=C(NCc1ccc2[nH]c3c(c2c1)CCCC3)c1ccc(Cl)cc1Cl. The Bertz CT molecular complexity index is 962. The maximum absolute atomic E-state index is 12.4. The Morgan fingerprint density at radius 2 is 1.92 bits per heavy atom. The summed E-state index contributed by atoms with van der Waals surface area (Å²) < 4.78 is 0. The second-order valence-electron chi connectivity index (χ2n) is 6.48. The Morgan fingerprint density at radius 3 is 2.76 bits per heavy atom. The van der Waals surface area contributed by atoms with Crippen LogP contribution in [0.3, 0.4) is 0 Å². The van der Waals surface area contributed by atoms with E-state index in [1.165, 1.54) is 35.0 Å². The van der Waals surface area contributed by atoms with Crippen LogP contribution in [0.4, 0.5) is 0 Å². The van der Waals surface area contributed by atoms with E-state index in [1.807, 2.05) is 6.07 Å². The minimum atomic E-state index is -0.196.